The normalized spacial score (nSPS) is 18.6. The van der Waals surface area contributed by atoms with Crippen LogP contribution in [0.4, 0.5) is 4.79 Å². The van der Waals surface area contributed by atoms with E-state index in [1.165, 1.54) is 12.8 Å². The molecular formula is C16H33N3O2. The molecule has 1 fully saturated rings. The maximum absolute atomic E-state index is 11.9. The van der Waals surface area contributed by atoms with Crippen LogP contribution in [0.3, 0.4) is 0 Å². The molecule has 1 atom stereocenters. The number of amides is 1. The topological polar surface area (TPSA) is 62.4 Å². The molecule has 5 heteroatoms. The number of nitrogens with one attached hydrogen (secondary N) is 3. The lowest BCUT2D eigenvalue weighted by molar-refractivity contribution is 0.0490. The van der Waals surface area contributed by atoms with Crippen molar-refractivity contribution in [3.63, 3.8) is 0 Å². The van der Waals surface area contributed by atoms with Gasteiger partial charge in [0.05, 0.1) is 0 Å². The van der Waals surface area contributed by atoms with Crippen molar-refractivity contribution < 1.29 is 9.53 Å². The van der Waals surface area contributed by atoms with Crippen LogP contribution in [0, 0.1) is 11.8 Å². The van der Waals surface area contributed by atoms with Crippen LogP contribution in [0.25, 0.3) is 0 Å². The van der Waals surface area contributed by atoms with Gasteiger partial charge in [-0.2, -0.15) is 0 Å². The van der Waals surface area contributed by atoms with Crippen LogP contribution in [0.15, 0.2) is 0 Å². The van der Waals surface area contributed by atoms with Crippen molar-refractivity contribution in [1.29, 1.82) is 0 Å². The molecule has 5 nitrogen and oxygen atoms in total. The van der Waals surface area contributed by atoms with E-state index < -0.39 is 5.60 Å². The van der Waals surface area contributed by atoms with Crippen molar-refractivity contribution in [2.75, 3.05) is 26.2 Å². The van der Waals surface area contributed by atoms with Crippen LogP contribution >= 0.6 is 0 Å². The second-order valence-electron chi connectivity index (χ2n) is 7.35. The third kappa shape index (κ3) is 8.27. The fraction of sp³-hybridized carbons (Fsp3) is 0.938. The Morgan fingerprint density at radius 1 is 1.29 bits per heavy atom. The number of carbonyl (C=O) groups is 1. The lowest BCUT2D eigenvalue weighted by atomic mass is 9.97. The molecule has 0 bridgehead atoms. The fourth-order valence-corrected chi connectivity index (χ4v) is 2.44. The van der Waals surface area contributed by atoms with Crippen LogP contribution in [-0.4, -0.2) is 43.9 Å². The summed E-state index contributed by atoms with van der Waals surface area (Å²) in [7, 11) is 0. The van der Waals surface area contributed by atoms with E-state index in [-0.39, 0.29) is 12.1 Å². The number of ether oxygens (including phenoxy) is 1. The van der Waals surface area contributed by atoms with Gasteiger partial charge in [-0.25, -0.2) is 4.79 Å². The molecule has 124 valence electrons. The Balaban J connectivity index is 2.30. The zero-order valence-corrected chi connectivity index (χ0v) is 14.3. The molecule has 0 radical (unpaired) electrons. The van der Waals surface area contributed by atoms with Gasteiger partial charge in [0.2, 0.25) is 0 Å². The average molecular weight is 299 g/mol. The van der Waals surface area contributed by atoms with E-state index in [4.69, 9.17) is 4.74 Å². The number of hydrogen-bond acceptors (Lipinski definition) is 4. The van der Waals surface area contributed by atoms with Gasteiger partial charge >= 0.3 is 6.09 Å². The largest absolute Gasteiger partial charge is 0.444 e. The van der Waals surface area contributed by atoms with Gasteiger partial charge in [0.1, 0.15) is 5.60 Å². The molecule has 0 aliphatic carbocycles. The Bertz CT molecular complexity index is 307. The number of rotatable bonds is 6. The molecular weight excluding hydrogens is 266 g/mol. The Hall–Kier alpha value is -0.810. The molecule has 21 heavy (non-hydrogen) atoms. The lowest BCUT2D eigenvalue weighted by Crippen LogP contribution is -2.48. The van der Waals surface area contributed by atoms with Gasteiger partial charge in [-0.15, -0.1) is 0 Å². The molecule has 0 aromatic rings. The second kappa shape index (κ2) is 8.59. The molecule has 0 aromatic heterocycles. The minimum atomic E-state index is -0.450. The summed E-state index contributed by atoms with van der Waals surface area (Å²) in [5.74, 6) is 1.12. The molecule has 1 amide bonds. The molecule has 1 unspecified atom stereocenters. The monoisotopic (exact) mass is 299 g/mol. The van der Waals surface area contributed by atoms with Crippen molar-refractivity contribution in [2.24, 2.45) is 11.8 Å². The number of hydrogen-bond donors (Lipinski definition) is 3. The summed E-state index contributed by atoms with van der Waals surface area (Å²) in [6.45, 7) is 13.9. The molecule has 1 aliphatic rings. The number of piperidine rings is 1. The maximum atomic E-state index is 11.9. The molecule has 3 N–H and O–H groups in total. The quantitative estimate of drug-likeness (QED) is 0.703. The summed E-state index contributed by atoms with van der Waals surface area (Å²) in [4.78, 5) is 11.9. The van der Waals surface area contributed by atoms with Crippen molar-refractivity contribution in [3.8, 4) is 0 Å². The third-order valence-electron chi connectivity index (χ3n) is 3.76. The second-order valence-corrected chi connectivity index (χ2v) is 7.35. The highest BCUT2D eigenvalue weighted by Crippen LogP contribution is 2.11. The summed E-state index contributed by atoms with van der Waals surface area (Å²) in [5, 5.41) is 9.86. The van der Waals surface area contributed by atoms with Crippen LogP contribution in [0.1, 0.15) is 47.5 Å². The van der Waals surface area contributed by atoms with Gasteiger partial charge in [-0.1, -0.05) is 13.8 Å². The first kappa shape index (κ1) is 18.2. The first-order chi connectivity index (χ1) is 9.78. The Kier molecular flexibility index (Phi) is 7.46. The van der Waals surface area contributed by atoms with Crippen molar-refractivity contribution in [3.05, 3.63) is 0 Å². The zero-order valence-electron chi connectivity index (χ0n) is 14.3. The highest BCUT2D eigenvalue weighted by molar-refractivity contribution is 5.68. The Labute approximate surface area is 129 Å². The van der Waals surface area contributed by atoms with Gasteiger partial charge in [0.25, 0.3) is 0 Å². The van der Waals surface area contributed by atoms with Crippen LogP contribution in [-0.2, 0) is 4.74 Å². The van der Waals surface area contributed by atoms with E-state index in [0.29, 0.717) is 5.92 Å². The van der Waals surface area contributed by atoms with E-state index >= 15 is 0 Å². The van der Waals surface area contributed by atoms with Gasteiger partial charge in [0.15, 0.2) is 0 Å². The van der Waals surface area contributed by atoms with Crippen molar-refractivity contribution in [2.45, 2.75) is 59.1 Å². The van der Waals surface area contributed by atoms with Gasteiger partial charge < -0.3 is 20.7 Å². The zero-order chi connectivity index (χ0) is 15.9. The van der Waals surface area contributed by atoms with Gasteiger partial charge in [-0.3, -0.25) is 0 Å². The summed E-state index contributed by atoms with van der Waals surface area (Å²) >= 11 is 0. The van der Waals surface area contributed by atoms with E-state index in [9.17, 15) is 4.79 Å². The standard InChI is InChI=1S/C16H33N3O2/c1-12(2)14(19-15(20)21-16(3,4)5)11-18-10-13-6-8-17-9-7-13/h12-14,17-18H,6-11H2,1-5H3,(H,19,20). The first-order valence-corrected chi connectivity index (χ1v) is 8.19. The van der Waals surface area contributed by atoms with Crippen LogP contribution in [0.2, 0.25) is 0 Å². The molecule has 1 aliphatic heterocycles. The average Bonchev–Trinajstić information content (AvgIpc) is 2.36. The number of carbonyl (C=O) groups excluding carboxylic acids is 1. The minimum absolute atomic E-state index is 0.0987. The number of alkyl carbamates (subject to hydrolysis) is 1. The molecule has 1 heterocycles. The summed E-state index contributed by atoms with van der Waals surface area (Å²) in [5.41, 5.74) is -0.450. The third-order valence-corrected chi connectivity index (χ3v) is 3.76. The van der Waals surface area contributed by atoms with E-state index in [2.05, 4.69) is 29.8 Å². The highest BCUT2D eigenvalue weighted by atomic mass is 16.6. The summed E-state index contributed by atoms with van der Waals surface area (Å²) in [6.07, 6.45) is 2.14. The van der Waals surface area contributed by atoms with Gasteiger partial charge in [0, 0.05) is 12.6 Å². The molecule has 1 saturated heterocycles. The maximum Gasteiger partial charge on any atom is 0.407 e. The fourth-order valence-electron chi connectivity index (χ4n) is 2.44. The smallest absolute Gasteiger partial charge is 0.407 e. The van der Waals surface area contributed by atoms with E-state index in [0.717, 1.165) is 32.1 Å². The summed E-state index contributed by atoms with van der Waals surface area (Å²) < 4.78 is 5.33. The minimum Gasteiger partial charge on any atom is -0.444 e. The Morgan fingerprint density at radius 2 is 1.90 bits per heavy atom. The SMILES string of the molecule is CC(C)C(CNCC1CCNCC1)NC(=O)OC(C)(C)C. The molecule has 0 saturated carbocycles. The predicted molar refractivity (Wildman–Crippen MR) is 86.5 cm³/mol. The first-order valence-electron chi connectivity index (χ1n) is 8.19. The van der Waals surface area contributed by atoms with Crippen LogP contribution in [0.5, 0.6) is 0 Å². The van der Waals surface area contributed by atoms with E-state index in [1.807, 2.05) is 20.8 Å². The van der Waals surface area contributed by atoms with Crippen molar-refractivity contribution >= 4 is 6.09 Å². The van der Waals surface area contributed by atoms with Crippen molar-refractivity contribution in [1.82, 2.24) is 16.0 Å². The van der Waals surface area contributed by atoms with Crippen LogP contribution < -0.4 is 16.0 Å². The molecule has 0 aromatic carbocycles. The van der Waals surface area contributed by atoms with Gasteiger partial charge in [-0.05, 0) is 65.1 Å². The molecule has 0 spiro atoms. The predicted octanol–water partition coefficient (Wildman–Crippen LogP) is 2.12. The molecule has 1 rings (SSSR count). The Morgan fingerprint density at radius 3 is 2.43 bits per heavy atom. The summed E-state index contributed by atoms with van der Waals surface area (Å²) in [6, 6.07) is 0.0987. The van der Waals surface area contributed by atoms with E-state index in [1.54, 1.807) is 0 Å². The highest BCUT2D eigenvalue weighted by Gasteiger charge is 2.21. The lowest BCUT2D eigenvalue weighted by Gasteiger charge is -2.27.